The number of hydrogen-bond donors (Lipinski definition) is 1. The molecular weight excluding hydrogens is 389 g/mol. The molecule has 0 saturated heterocycles. The van der Waals surface area contributed by atoms with Crippen molar-refractivity contribution < 1.29 is 9.18 Å². The SMILES string of the molecule is Cc1ccc(-c2csc3ncn(CC(=O)NCc4ccc(F)cc4)c(=O)c23)cc1. The minimum atomic E-state index is -0.328. The summed E-state index contributed by atoms with van der Waals surface area (Å²) in [6.45, 7) is 2.14. The van der Waals surface area contributed by atoms with E-state index < -0.39 is 0 Å². The molecule has 0 bridgehead atoms. The van der Waals surface area contributed by atoms with Gasteiger partial charge in [-0.3, -0.25) is 14.2 Å². The van der Waals surface area contributed by atoms with Gasteiger partial charge in [0, 0.05) is 17.5 Å². The second-order valence-corrected chi connectivity index (χ2v) is 7.63. The van der Waals surface area contributed by atoms with Crippen molar-refractivity contribution in [3.63, 3.8) is 0 Å². The lowest BCUT2D eigenvalue weighted by Gasteiger charge is -2.08. The van der Waals surface area contributed by atoms with E-state index in [9.17, 15) is 14.0 Å². The summed E-state index contributed by atoms with van der Waals surface area (Å²) < 4.78 is 14.3. The minimum absolute atomic E-state index is 0.133. The van der Waals surface area contributed by atoms with Crippen molar-refractivity contribution in [1.29, 1.82) is 0 Å². The lowest BCUT2D eigenvalue weighted by Crippen LogP contribution is -2.32. The van der Waals surface area contributed by atoms with Gasteiger partial charge in [0.2, 0.25) is 5.91 Å². The van der Waals surface area contributed by atoms with Gasteiger partial charge in [-0.2, -0.15) is 0 Å². The summed E-state index contributed by atoms with van der Waals surface area (Å²) in [5.41, 5.74) is 3.44. The van der Waals surface area contributed by atoms with Crippen LogP contribution in [-0.4, -0.2) is 15.5 Å². The first kappa shape index (κ1) is 19.0. The first-order chi connectivity index (χ1) is 14.0. The maximum Gasteiger partial charge on any atom is 0.263 e. The fourth-order valence-electron chi connectivity index (χ4n) is 3.04. The van der Waals surface area contributed by atoms with Crippen molar-refractivity contribution >= 4 is 27.5 Å². The van der Waals surface area contributed by atoms with E-state index in [0.29, 0.717) is 10.2 Å². The number of aromatic nitrogens is 2. The van der Waals surface area contributed by atoms with Crippen molar-refractivity contribution in [3.05, 3.63) is 87.5 Å². The van der Waals surface area contributed by atoms with Gasteiger partial charge in [-0.1, -0.05) is 42.0 Å². The highest BCUT2D eigenvalue weighted by molar-refractivity contribution is 7.17. The summed E-state index contributed by atoms with van der Waals surface area (Å²) in [6.07, 6.45) is 1.40. The largest absolute Gasteiger partial charge is 0.350 e. The normalized spacial score (nSPS) is 11.0. The average Bonchev–Trinajstić information content (AvgIpc) is 3.15. The van der Waals surface area contributed by atoms with Crippen LogP contribution in [0.1, 0.15) is 11.1 Å². The molecule has 4 rings (SSSR count). The molecule has 0 unspecified atom stereocenters. The highest BCUT2D eigenvalue weighted by Gasteiger charge is 2.14. The molecule has 0 atom stereocenters. The van der Waals surface area contributed by atoms with Crippen molar-refractivity contribution in [2.45, 2.75) is 20.0 Å². The van der Waals surface area contributed by atoms with Crippen LogP contribution in [0.15, 0.2) is 65.0 Å². The predicted molar refractivity (Wildman–Crippen MR) is 112 cm³/mol. The van der Waals surface area contributed by atoms with E-state index in [1.54, 1.807) is 12.1 Å². The Hall–Kier alpha value is -3.32. The lowest BCUT2D eigenvalue weighted by atomic mass is 10.1. The lowest BCUT2D eigenvalue weighted by molar-refractivity contribution is -0.121. The first-order valence-corrected chi connectivity index (χ1v) is 9.94. The molecule has 2 aromatic carbocycles. The van der Waals surface area contributed by atoms with Gasteiger partial charge in [-0.15, -0.1) is 11.3 Å². The van der Waals surface area contributed by atoms with E-state index >= 15 is 0 Å². The Morgan fingerprint density at radius 3 is 2.59 bits per heavy atom. The average molecular weight is 407 g/mol. The summed E-state index contributed by atoms with van der Waals surface area (Å²) in [7, 11) is 0. The number of rotatable bonds is 5. The molecule has 0 fully saturated rings. The summed E-state index contributed by atoms with van der Waals surface area (Å²) >= 11 is 1.41. The molecule has 0 aliphatic rings. The van der Waals surface area contributed by atoms with Crippen molar-refractivity contribution in [3.8, 4) is 11.1 Å². The van der Waals surface area contributed by atoms with Crippen LogP contribution in [0.3, 0.4) is 0 Å². The second kappa shape index (κ2) is 7.97. The number of nitrogens with one attached hydrogen (secondary N) is 1. The zero-order valence-electron chi connectivity index (χ0n) is 15.7. The van der Waals surface area contributed by atoms with Gasteiger partial charge in [0.05, 0.1) is 11.7 Å². The van der Waals surface area contributed by atoms with Gasteiger partial charge in [0.15, 0.2) is 0 Å². The fraction of sp³-hybridized carbons (Fsp3) is 0.136. The summed E-state index contributed by atoms with van der Waals surface area (Å²) in [5, 5.41) is 5.18. The second-order valence-electron chi connectivity index (χ2n) is 6.78. The monoisotopic (exact) mass is 407 g/mol. The molecule has 2 heterocycles. The summed E-state index contributed by atoms with van der Waals surface area (Å²) in [6, 6.07) is 13.8. The molecule has 146 valence electrons. The molecule has 2 aromatic heterocycles. The molecule has 1 N–H and O–H groups in total. The third-order valence-electron chi connectivity index (χ3n) is 4.64. The molecule has 4 aromatic rings. The number of benzene rings is 2. The molecule has 0 saturated carbocycles. The van der Waals surface area contributed by atoms with E-state index in [4.69, 9.17) is 0 Å². The van der Waals surface area contributed by atoms with Gasteiger partial charge in [-0.05, 0) is 30.2 Å². The third-order valence-corrected chi connectivity index (χ3v) is 5.53. The number of amides is 1. The minimum Gasteiger partial charge on any atom is -0.350 e. The van der Waals surface area contributed by atoms with Gasteiger partial charge in [0.25, 0.3) is 5.56 Å². The predicted octanol–water partition coefficient (Wildman–Crippen LogP) is 3.89. The van der Waals surface area contributed by atoms with Crippen LogP contribution < -0.4 is 10.9 Å². The van der Waals surface area contributed by atoms with Crippen molar-refractivity contribution in [2.24, 2.45) is 0 Å². The first-order valence-electron chi connectivity index (χ1n) is 9.06. The van der Waals surface area contributed by atoms with Gasteiger partial charge < -0.3 is 5.32 Å². The standard InChI is InChI=1S/C22H18FN3O2S/c1-14-2-6-16(7-3-14)18-12-29-21-20(18)22(28)26(13-25-21)11-19(27)24-10-15-4-8-17(23)9-5-15/h2-9,12-13H,10-11H2,1H3,(H,24,27). The molecular formula is C22H18FN3O2S. The van der Waals surface area contributed by atoms with E-state index in [0.717, 1.165) is 22.3 Å². The Labute approximate surface area is 170 Å². The van der Waals surface area contributed by atoms with E-state index in [-0.39, 0.29) is 30.4 Å². The Morgan fingerprint density at radius 2 is 1.86 bits per heavy atom. The highest BCUT2D eigenvalue weighted by atomic mass is 32.1. The number of fused-ring (bicyclic) bond motifs is 1. The Kier molecular flexibility index (Phi) is 5.22. The topological polar surface area (TPSA) is 64.0 Å². The van der Waals surface area contributed by atoms with Crippen molar-refractivity contribution in [1.82, 2.24) is 14.9 Å². The van der Waals surface area contributed by atoms with Crippen LogP contribution in [0, 0.1) is 12.7 Å². The van der Waals surface area contributed by atoms with Gasteiger partial charge in [-0.25, -0.2) is 9.37 Å². The smallest absolute Gasteiger partial charge is 0.263 e. The molecule has 29 heavy (non-hydrogen) atoms. The number of hydrogen-bond acceptors (Lipinski definition) is 4. The Bertz CT molecular complexity index is 1230. The maximum atomic E-state index is 13.0. The molecule has 0 radical (unpaired) electrons. The zero-order valence-corrected chi connectivity index (χ0v) is 16.5. The van der Waals surface area contributed by atoms with Gasteiger partial charge >= 0.3 is 0 Å². The van der Waals surface area contributed by atoms with E-state index in [1.165, 1.54) is 34.4 Å². The van der Waals surface area contributed by atoms with Crippen LogP contribution in [0.5, 0.6) is 0 Å². The number of carbonyl (C=O) groups excluding carboxylic acids is 1. The third kappa shape index (κ3) is 4.09. The number of aryl methyl sites for hydroxylation is 1. The molecule has 5 nitrogen and oxygen atoms in total. The number of nitrogens with zero attached hydrogens (tertiary/aromatic N) is 2. The summed E-state index contributed by atoms with van der Waals surface area (Å²) in [5.74, 6) is -0.643. The van der Waals surface area contributed by atoms with Gasteiger partial charge in [0.1, 0.15) is 17.2 Å². The highest BCUT2D eigenvalue weighted by Crippen LogP contribution is 2.30. The quantitative estimate of drug-likeness (QED) is 0.546. The fourth-order valence-corrected chi connectivity index (χ4v) is 3.95. The van der Waals surface area contributed by atoms with E-state index in [1.807, 2.05) is 36.6 Å². The molecule has 0 spiro atoms. The van der Waals surface area contributed by atoms with Crippen LogP contribution in [-0.2, 0) is 17.9 Å². The molecule has 7 heteroatoms. The summed E-state index contributed by atoms with van der Waals surface area (Å²) in [4.78, 5) is 30.3. The number of thiophene rings is 1. The maximum absolute atomic E-state index is 13.0. The Balaban J connectivity index is 1.56. The van der Waals surface area contributed by atoms with Crippen LogP contribution in [0.2, 0.25) is 0 Å². The molecule has 1 amide bonds. The zero-order chi connectivity index (χ0) is 20.4. The van der Waals surface area contributed by atoms with Crippen LogP contribution in [0.4, 0.5) is 4.39 Å². The van der Waals surface area contributed by atoms with Crippen LogP contribution >= 0.6 is 11.3 Å². The molecule has 0 aliphatic carbocycles. The van der Waals surface area contributed by atoms with Crippen molar-refractivity contribution in [2.75, 3.05) is 0 Å². The number of halogens is 1. The van der Waals surface area contributed by atoms with E-state index in [2.05, 4.69) is 10.3 Å². The number of carbonyl (C=O) groups is 1. The Morgan fingerprint density at radius 1 is 1.14 bits per heavy atom. The van der Waals surface area contributed by atoms with Crippen LogP contribution in [0.25, 0.3) is 21.3 Å². The molecule has 0 aliphatic heterocycles.